The summed E-state index contributed by atoms with van der Waals surface area (Å²) in [7, 11) is 0. The molecule has 14 heavy (non-hydrogen) atoms. The molecular weight excluding hydrogens is 194 g/mol. The molecule has 1 aliphatic carbocycles. The molecular formula is C10H11N3S. The highest BCUT2D eigenvalue weighted by Crippen LogP contribution is 2.34. The van der Waals surface area contributed by atoms with Gasteiger partial charge in [0.15, 0.2) is 0 Å². The second-order valence-corrected chi connectivity index (χ2v) is 4.74. The Morgan fingerprint density at radius 1 is 1.50 bits per heavy atom. The quantitative estimate of drug-likeness (QED) is 0.818. The molecule has 0 saturated heterocycles. The average molecular weight is 205 g/mol. The first-order chi connectivity index (χ1) is 6.84. The van der Waals surface area contributed by atoms with Crippen molar-refractivity contribution in [2.75, 3.05) is 5.32 Å². The molecule has 3 rings (SSSR count). The van der Waals surface area contributed by atoms with Crippen LogP contribution >= 0.6 is 11.3 Å². The first-order valence-electron chi connectivity index (χ1n) is 4.79. The molecule has 3 nitrogen and oxygen atoms in total. The largest absolute Gasteiger partial charge is 0.366 e. The maximum absolute atomic E-state index is 4.28. The summed E-state index contributed by atoms with van der Waals surface area (Å²) in [6, 6.07) is 2.65. The zero-order valence-electron chi connectivity index (χ0n) is 7.90. The molecule has 0 amide bonds. The molecule has 1 saturated carbocycles. The van der Waals surface area contributed by atoms with Crippen LogP contribution in [0.25, 0.3) is 10.2 Å². The molecule has 0 aromatic carbocycles. The number of hydrogen-bond acceptors (Lipinski definition) is 4. The third-order valence-electron chi connectivity index (χ3n) is 2.67. The van der Waals surface area contributed by atoms with Crippen LogP contribution in [0.2, 0.25) is 0 Å². The minimum Gasteiger partial charge on any atom is -0.366 e. The third kappa shape index (κ3) is 1.26. The molecule has 0 radical (unpaired) electrons. The van der Waals surface area contributed by atoms with E-state index in [0.29, 0.717) is 6.04 Å². The second-order valence-electron chi connectivity index (χ2n) is 3.82. The van der Waals surface area contributed by atoms with E-state index in [0.717, 1.165) is 17.3 Å². The molecule has 2 aromatic rings. The lowest BCUT2D eigenvalue weighted by molar-refractivity contribution is 0.924. The normalized spacial score (nSPS) is 25.2. The number of anilines is 1. The topological polar surface area (TPSA) is 37.8 Å². The van der Waals surface area contributed by atoms with Crippen molar-refractivity contribution in [1.29, 1.82) is 0 Å². The van der Waals surface area contributed by atoms with Gasteiger partial charge in [-0.25, -0.2) is 9.97 Å². The van der Waals surface area contributed by atoms with E-state index in [-0.39, 0.29) is 0 Å². The first-order valence-corrected chi connectivity index (χ1v) is 5.67. The van der Waals surface area contributed by atoms with Crippen LogP contribution < -0.4 is 5.32 Å². The Morgan fingerprint density at radius 2 is 2.36 bits per heavy atom. The Hall–Kier alpha value is -1.16. The summed E-state index contributed by atoms with van der Waals surface area (Å²) >= 11 is 1.70. The molecule has 2 aromatic heterocycles. The van der Waals surface area contributed by atoms with E-state index in [2.05, 4.69) is 27.6 Å². The van der Waals surface area contributed by atoms with Crippen molar-refractivity contribution >= 4 is 27.4 Å². The molecule has 1 N–H and O–H groups in total. The minimum atomic E-state index is 0.621. The van der Waals surface area contributed by atoms with Gasteiger partial charge >= 0.3 is 0 Å². The van der Waals surface area contributed by atoms with E-state index in [1.54, 1.807) is 17.7 Å². The van der Waals surface area contributed by atoms with Crippen LogP contribution in [0.3, 0.4) is 0 Å². The van der Waals surface area contributed by atoms with Gasteiger partial charge in [-0.3, -0.25) is 0 Å². The molecule has 2 atom stereocenters. The van der Waals surface area contributed by atoms with Crippen LogP contribution in [-0.4, -0.2) is 16.0 Å². The fourth-order valence-electron chi connectivity index (χ4n) is 1.59. The highest BCUT2D eigenvalue weighted by molar-refractivity contribution is 7.17. The van der Waals surface area contributed by atoms with Crippen molar-refractivity contribution in [2.24, 2.45) is 5.92 Å². The standard InChI is InChI=1S/C10H11N3S/c1-6-4-8(6)13-10-9-7(2-3-14-9)11-5-12-10/h2-3,5-6,8H,4H2,1H3,(H,11,12,13)/t6-,8-/m1/s1. The van der Waals surface area contributed by atoms with Crippen molar-refractivity contribution in [2.45, 2.75) is 19.4 Å². The Labute approximate surface area is 86.2 Å². The van der Waals surface area contributed by atoms with Gasteiger partial charge in [-0.15, -0.1) is 11.3 Å². The lowest BCUT2D eigenvalue weighted by Gasteiger charge is -2.03. The lowest BCUT2D eigenvalue weighted by atomic mass is 10.4. The highest BCUT2D eigenvalue weighted by atomic mass is 32.1. The van der Waals surface area contributed by atoms with E-state index in [1.807, 2.05) is 6.07 Å². The fraction of sp³-hybridized carbons (Fsp3) is 0.400. The molecule has 0 spiro atoms. The van der Waals surface area contributed by atoms with Crippen LogP contribution in [0.5, 0.6) is 0 Å². The van der Waals surface area contributed by atoms with Gasteiger partial charge in [0.25, 0.3) is 0 Å². The van der Waals surface area contributed by atoms with Crippen molar-refractivity contribution in [1.82, 2.24) is 9.97 Å². The monoisotopic (exact) mass is 205 g/mol. The van der Waals surface area contributed by atoms with E-state index < -0.39 is 0 Å². The zero-order valence-corrected chi connectivity index (χ0v) is 8.71. The molecule has 0 aliphatic heterocycles. The van der Waals surface area contributed by atoms with Crippen molar-refractivity contribution in [3.63, 3.8) is 0 Å². The lowest BCUT2D eigenvalue weighted by Crippen LogP contribution is -2.05. The Kier molecular flexibility index (Phi) is 1.70. The summed E-state index contributed by atoms with van der Waals surface area (Å²) in [6.45, 7) is 2.25. The third-order valence-corrected chi connectivity index (χ3v) is 3.59. The van der Waals surface area contributed by atoms with Gasteiger partial charge in [-0.2, -0.15) is 0 Å². The smallest absolute Gasteiger partial charge is 0.147 e. The summed E-state index contributed by atoms with van der Waals surface area (Å²) < 4.78 is 1.17. The van der Waals surface area contributed by atoms with Crippen LogP contribution in [0, 0.1) is 5.92 Å². The van der Waals surface area contributed by atoms with Gasteiger partial charge in [0, 0.05) is 6.04 Å². The van der Waals surface area contributed by atoms with Crippen LogP contribution in [0.15, 0.2) is 17.8 Å². The van der Waals surface area contributed by atoms with Gasteiger partial charge in [-0.1, -0.05) is 6.92 Å². The van der Waals surface area contributed by atoms with Crippen molar-refractivity contribution in [3.05, 3.63) is 17.8 Å². The Balaban J connectivity index is 1.98. The SMILES string of the molecule is C[C@@H]1C[C@H]1Nc1ncnc2ccsc12. The molecule has 72 valence electrons. The summed E-state index contributed by atoms with van der Waals surface area (Å²) in [4.78, 5) is 8.49. The number of nitrogens with zero attached hydrogens (tertiary/aromatic N) is 2. The van der Waals surface area contributed by atoms with Gasteiger partial charge in [-0.05, 0) is 23.8 Å². The number of hydrogen-bond donors (Lipinski definition) is 1. The molecule has 4 heteroatoms. The molecule has 1 aliphatic rings. The fourth-order valence-corrected chi connectivity index (χ4v) is 2.39. The maximum Gasteiger partial charge on any atom is 0.147 e. The second kappa shape index (κ2) is 2.92. The van der Waals surface area contributed by atoms with Crippen LogP contribution in [-0.2, 0) is 0 Å². The van der Waals surface area contributed by atoms with Crippen molar-refractivity contribution in [3.8, 4) is 0 Å². The predicted octanol–water partition coefficient (Wildman–Crippen LogP) is 2.51. The van der Waals surface area contributed by atoms with Gasteiger partial charge in [0.05, 0.1) is 10.2 Å². The summed E-state index contributed by atoms with van der Waals surface area (Å²) in [5.41, 5.74) is 1.04. The van der Waals surface area contributed by atoms with Gasteiger partial charge < -0.3 is 5.32 Å². The summed E-state index contributed by atoms with van der Waals surface area (Å²) in [6.07, 6.45) is 2.89. The minimum absolute atomic E-state index is 0.621. The highest BCUT2D eigenvalue weighted by Gasteiger charge is 2.33. The zero-order chi connectivity index (χ0) is 9.54. The van der Waals surface area contributed by atoms with E-state index in [9.17, 15) is 0 Å². The average Bonchev–Trinajstić information content (AvgIpc) is 2.69. The predicted molar refractivity (Wildman–Crippen MR) is 58.6 cm³/mol. The number of fused-ring (bicyclic) bond motifs is 1. The van der Waals surface area contributed by atoms with E-state index in [4.69, 9.17) is 0 Å². The van der Waals surface area contributed by atoms with Crippen LogP contribution in [0.1, 0.15) is 13.3 Å². The Morgan fingerprint density at radius 3 is 3.14 bits per heavy atom. The summed E-state index contributed by atoms with van der Waals surface area (Å²) in [5.74, 6) is 1.79. The van der Waals surface area contributed by atoms with Gasteiger partial charge in [0.1, 0.15) is 12.1 Å². The van der Waals surface area contributed by atoms with Gasteiger partial charge in [0.2, 0.25) is 0 Å². The van der Waals surface area contributed by atoms with Crippen LogP contribution in [0.4, 0.5) is 5.82 Å². The number of rotatable bonds is 2. The number of aromatic nitrogens is 2. The molecule has 0 unspecified atom stereocenters. The first kappa shape index (κ1) is 8.17. The molecule has 0 bridgehead atoms. The molecule has 2 heterocycles. The molecule has 1 fully saturated rings. The number of nitrogens with one attached hydrogen (secondary N) is 1. The maximum atomic E-state index is 4.28. The Bertz CT molecular complexity index is 465. The van der Waals surface area contributed by atoms with Crippen molar-refractivity contribution < 1.29 is 0 Å². The summed E-state index contributed by atoms with van der Waals surface area (Å²) in [5, 5.41) is 5.51. The van der Waals surface area contributed by atoms with E-state index in [1.165, 1.54) is 11.1 Å². The number of thiophene rings is 1. The van der Waals surface area contributed by atoms with E-state index >= 15 is 0 Å².